The van der Waals surface area contributed by atoms with Gasteiger partial charge in [0.25, 0.3) is 0 Å². The predicted molar refractivity (Wildman–Crippen MR) is 201 cm³/mol. The fraction of sp³-hybridized carbons (Fsp3) is 0.951. The molecule has 0 radical (unpaired) electrons. The average Bonchev–Trinajstić information content (AvgIpc) is 3.03. The van der Waals surface area contributed by atoms with Gasteiger partial charge in [0, 0.05) is 5.92 Å². The Morgan fingerprint density at radius 1 is 0.468 bits per heavy atom. The summed E-state index contributed by atoms with van der Waals surface area (Å²) >= 11 is 0. The van der Waals surface area contributed by atoms with Crippen LogP contribution in [0.4, 0.5) is 0 Å². The third-order valence-electron chi connectivity index (χ3n) is 9.74. The normalized spacial score (nSPS) is 12.6. The maximum absolute atomic E-state index is 11.0. The first kappa shape index (κ1) is 49.7. The van der Waals surface area contributed by atoms with Crippen molar-refractivity contribution >= 4 is 10.4 Å². The maximum atomic E-state index is 11.0. The molecule has 0 aliphatic rings. The Labute approximate surface area is 318 Å². The smallest absolute Gasteiger partial charge is 0.726 e. The Balaban J connectivity index is 0. The second-order valence-corrected chi connectivity index (χ2v) is 15.5. The van der Waals surface area contributed by atoms with Gasteiger partial charge in [-0.1, -0.05) is 231 Å². The molecule has 0 aromatic carbocycles. The van der Waals surface area contributed by atoms with E-state index in [-0.39, 0.29) is 42.1 Å². The summed E-state index contributed by atoms with van der Waals surface area (Å²) in [5.74, 6) is 0.0149. The molecule has 0 aromatic rings. The summed E-state index contributed by atoms with van der Waals surface area (Å²) in [6, 6.07) is 0. The first-order chi connectivity index (χ1) is 22.5. The van der Waals surface area contributed by atoms with E-state index in [1.807, 2.05) is 0 Å². The fourth-order valence-electron chi connectivity index (χ4n) is 6.64. The topological polar surface area (TPSA) is 66.4 Å². The summed E-state index contributed by atoms with van der Waals surface area (Å²) in [7, 11) is -4.63. The quantitative estimate of drug-likeness (QED) is 0.0211. The monoisotopic (exact) mass is 693 g/mol. The summed E-state index contributed by atoms with van der Waals surface area (Å²) in [5, 5.41) is 0. The molecule has 0 bridgehead atoms. The third-order valence-corrected chi connectivity index (χ3v) is 10.2. The van der Waals surface area contributed by atoms with E-state index in [4.69, 9.17) is 0 Å². The Bertz CT molecular complexity index is 712. The van der Waals surface area contributed by atoms with Gasteiger partial charge in [-0.05, 0) is 19.3 Å². The van der Waals surface area contributed by atoms with Crippen LogP contribution in [-0.2, 0) is 14.6 Å². The largest absolute Gasteiger partial charge is 1.00 e. The molecule has 6 heteroatoms. The molecule has 0 rings (SSSR count). The van der Waals surface area contributed by atoms with Crippen LogP contribution < -0.4 is 29.6 Å². The van der Waals surface area contributed by atoms with E-state index in [2.05, 4.69) is 30.2 Å². The minimum atomic E-state index is -4.63. The Morgan fingerprint density at radius 3 is 1.04 bits per heavy atom. The first-order valence-electron chi connectivity index (χ1n) is 20.8. The molecule has 0 saturated carbocycles. The van der Waals surface area contributed by atoms with Gasteiger partial charge in [0.05, 0.1) is 6.61 Å². The second-order valence-electron chi connectivity index (χ2n) is 14.4. The molecule has 0 heterocycles. The van der Waals surface area contributed by atoms with E-state index >= 15 is 0 Å². The average molecular weight is 693 g/mol. The van der Waals surface area contributed by atoms with Gasteiger partial charge in [-0.25, -0.2) is 8.42 Å². The van der Waals surface area contributed by atoms with Crippen LogP contribution in [0.15, 0.2) is 12.2 Å². The van der Waals surface area contributed by atoms with Crippen molar-refractivity contribution in [3.63, 3.8) is 0 Å². The molecule has 4 nitrogen and oxygen atoms in total. The van der Waals surface area contributed by atoms with Crippen LogP contribution in [0.25, 0.3) is 0 Å². The van der Waals surface area contributed by atoms with Gasteiger partial charge in [0.2, 0.25) is 10.4 Å². The van der Waals surface area contributed by atoms with Crippen molar-refractivity contribution in [3.05, 3.63) is 12.2 Å². The molecule has 0 N–H and O–H groups in total. The van der Waals surface area contributed by atoms with Crippen LogP contribution in [-0.4, -0.2) is 19.6 Å². The Hall–Kier alpha value is 0.610. The summed E-state index contributed by atoms with van der Waals surface area (Å²) in [6.45, 7) is 4.55. The molecule has 0 saturated heterocycles. The number of hydrogen-bond donors (Lipinski definition) is 0. The summed E-state index contributed by atoms with van der Waals surface area (Å²) in [5.41, 5.74) is 0. The van der Waals surface area contributed by atoms with Crippen LogP contribution in [0, 0.1) is 5.92 Å². The van der Waals surface area contributed by atoms with Gasteiger partial charge in [0.15, 0.2) is 0 Å². The zero-order chi connectivity index (χ0) is 33.7. The van der Waals surface area contributed by atoms with Gasteiger partial charge in [-0.3, -0.25) is 4.18 Å². The van der Waals surface area contributed by atoms with Crippen molar-refractivity contribution in [1.29, 1.82) is 0 Å². The van der Waals surface area contributed by atoms with E-state index in [1.54, 1.807) is 0 Å². The zero-order valence-electron chi connectivity index (χ0n) is 32.2. The molecule has 0 fully saturated rings. The fourth-order valence-corrected chi connectivity index (χ4v) is 6.98. The molecular weight excluding hydrogens is 612 g/mol. The van der Waals surface area contributed by atoms with Crippen LogP contribution in [0.1, 0.15) is 239 Å². The summed E-state index contributed by atoms with van der Waals surface area (Å²) in [6.07, 6.45) is 51.2. The number of hydrogen-bond acceptors (Lipinski definition) is 4. The number of unbranched alkanes of at least 4 members (excludes halogenated alkanes) is 32. The molecular formula is C41H81NaO4S. The van der Waals surface area contributed by atoms with Crippen molar-refractivity contribution in [2.24, 2.45) is 5.92 Å². The Kier molecular flexibility index (Phi) is 43.4. The third kappa shape index (κ3) is 44.6. The maximum Gasteiger partial charge on any atom is 1.00 e. The van der Waals surface area contributed by atoms with Gasteiger partial charge >= 0.3 is 29.6 Å². The number of rotatable bonds is 39. The molecule has 276 valence electrons. The minimum absolute atomic E-state index is 0. The molecule has 0 spiro atoms. The molecule has 0 amide bonds. The molecule has 0 aliphatic carbocycles. The van der Waals surface area contributed by atoms with E-state index in [0.717, 1.165) is 19.3 Å². The van der Waals surface area contributed by atoms with E-state index in [0.29, 0.717) is 0 Å². The zero-order valence-corrected chi connectivity index (χ0v) is 35.0. The molecule has 0 aliphatic heterocycles. The summed E-state index contributed by atoms with van der Waals surface area (Å²) < 4.78 is 37.7. The number of allylic oxidation sites excluding steroid dienone is 1. The summed E-state index contributed by atoms with van der Waals surface area (Å²) in [4.78, 5) is 0. The second kappa shape index (κ2) is 41.0. The van der Waals surface area contributed by atoms with Gasteiger partial charge in [-0.2, -0.15) is 0 Å². The van der Waals surface area contributed by atoms with Gasteiger partial charge in [-0.15, -0.1) is 0 Å². The van der Waals surface area contributed by atoms with Gasteiger partial charge < -0.3 is 4.55 Å². The molecule has 0 aromatic heterocycles. The van der Waals surface area contributed by atoms with E-state index in [9.17, 15) is 13.0 Å². The molecule has 1 unspecified atom stereocenters. The van der Waals surface area contributed by atoms with Crippen molar-refractivity contribution < 1.29 is 46.7 Å². The van der Waals surface area contributed by atoms with E-state index < -0.39 is 10.4 Å². The van der Waals surface area contributed by atoms with Crippen LogP contribution in [0.3, 0.4) is 0 Å². The van der Waals surface area contributed by atoms with Crippen LogP contribution in [0.2, 0.25) is 0 Å². The minimum Gasteiger partial charge on any atom is -0.726 e. The predicted octanol–water partition coefficient (Wildman–Crippen LogP) is 11.3. The molecule has 1 atom stereocenters. The first-order valence-corrected chi connectivity index (χ1v) is 22.1. The van der Waals surface area contributed by atoms with Gasteiger partial charge in [0.1, 0.15) is 0 Å². The SMILES string of the molecule is CCCCCCCCCCCCCCCCC/C=C/C(CCCCCCCCCCCCCCCCCCCC)COS(=O)(=O)[O-].[Na+]. The Morgan fingerprint density at radius 2 is 0.745 bits per heavy atom. The molecule has 47 heavy (non-hydrogen) atoms. The van der Waals surface area contributed by atoms with Crippen molar-refractivity contribution in [1.82, 2.24) is 0 Å². The van der Waals surface area contributed by atoms with Crippen LogP contribution in [0.5, 0.6) is 0 Å². The van der Waals surface area contributed by atoms with Crippen molar-refractivity contribution in [3.8, 4) is 0 Å². The van der Waals surface area contributed by atoms with Crippen LogP contribution >= 0.6 is 0 Å². The van der Waals surface area contributed by atoms with Crippen molar-refractivity contribution in [2.45, 2.75) is 239 Å². The van der Waals surface area contributed by atoms with E-state index in [1.165, 1.54) is 205 Å². The standard InChI is InChI=1S/C41H82O4S.Na/c1-3-5-7-9-11-13-15-17-19-21-23-25-27-29-31-33-35-37-39-41(40-45-46(42,43)44)38-36-34-32-30-28-26-24-22-20-18-16-14-12-10-8-6-4-2;/h36,38,41H,3-35,37,39-40H2,1-2H3,(H,42,43,44);/q;+1/p-1/b38-36+;. The van der Waals surface area contributed by atoms with Crippen molar-refractivity contribution in [2.75, 3.05) is 6.61 Å².